The molecule has 0 atom stereocenters. The standard InChI is InChI=1S/C17H14N4S/c1-22-17-20-19-16-13-9-5-6-10-14(13)18-15(21(16)17)11-12-7-3-2-4-8-12/h2-10H,11H2,1H3. The third-order valence-corrected chi connectivity index (χ3v) is 4.30. The van der Waals surface area contributed by atoms with Crippen molar-refractivity contribution in [1.29, 1.82) is 0 Å². The molecule has 4 aromatic rings. The Balaban J connectivity index is 2.00. The molecule has 0 N–H and O–H groups in total. The quantitative estimate of drug-likeness (QED) is 0.543. The van der Waals surface area contributed by atoms with Gasteiger partial charge in [-0.3, -0.25) is 4.40 Å². The molecule has 0 aliphatic heterocycles. The summed E-state index contributed by atoms with van der Waals surface area (Å²) in [6.07, 6.45) is 2.77. The number of nitrogens with zero attached hydrogens (tertiary/aromatic N) is 4. The molecule has 0 aliphatic rings. The number of thioether (sulfide) groups is 1. The summed E-state index contributed by atoms with van der Waals surface area (Å²) in [5, 5.41) is 10.6. The van der Waals surface area contributed by atoms with Crippen LogP contribution < -0.4 is 0 Å². The Morgan fingerprint density at radius 1 is 0.955 bits per heavy atom. The molecule has 5 heteroatoms. The van der Waals surface area contributed by atoms with E-state index >= 15 is 0 Å². The number of hydrogen-bond acceptors (Lipinski definition) is 4. The van der Waals surface area contributed by atoms with Crippen LogP contribution in [0.15, 0.2) is 59.8 Å². The van der Waals surface area contributed by atoms with Crippen molar-refractivity contribution in [2.24, 2.45) is 0 Å². The number of fused-ring (bicyclic) bond motifs is 3. The van der Waals surface area contributed by atoms with Gasteiger partial charge in [-0.1, -0.05) is 54.2 Å². The van der Waals surface area contributed by atoms with Crippen LogP contribution in [0.1, 0.15) is 11.4 Å². The highest BCUT2D eigenvalue weighted by Gasteiger charge is 2.14. The van der Waals surface area contributed by atoms with E-state index in [-0.39, 0.29) is 0 Å². The molecule has 108 valence electrons. The van der Waals surface area contributed by atoms with Gasteiger partial charge < -0.3 is 0 Å². The summed E-state index contributed by atoms with van der Waals surface area (Å²) < 4.78 is 2.07. The number of benzene rings is 2. The Morgan fingerprint density at radius 2 is 1.73 bits per heavy atom. The van der Waals surface area contributed by atoms with E-state index in [4.69, 9.17) is 4.98 Å². The highest BCUT2D eigenvalue weighted by atomic mass is 32.2. The average Bonchev–Trinajstić information content (AvgIpc) is 3.01. The molecule has 4 rings (SSSR count). The molecule has 0 fully saturated rings. The van der Waals surface area contributed by atoms with Gasteiger partial charge in [-0.05, 0) is 24.0 Å². The van der Waals surface area contributed by atoms with Gasteiger partial charge in [-0.2, -0.15) is 0 Å². The molecular weight excluding hydrogens is 292 g/mol. The van der Waals surface area contributed by atoms with Gasteiger partial charge in [0.1, 0.15) is 5.82 Å². The van der Waals surface area contributed by atoms with Crippen LogP contribution >= 0.6 is 11.8 Å². The van der Waals surface area contributed by atoms with Crippen LogP contribution in [0.3, 0.4) is 0 Å². The van der Waals surface area contributed by atoms with Crippen LogP contribution in [0.4, 0.5) is 0 Å². The maximum Gasteiger partial charge on any atom is 0.196 e. The number of rotatable bonds is 3. The smallest absolute Gasteiger partial charge is 0.196 e. The fourth-order valence-electron chi connectivity index (χ4n) is 2.66. The molecule has 0 saturated carbocycles. The molecule has 2 aromatic carbocycles. The average molecular weight is 306 g/mol. The van der Waals surface area contributed by atoms with Crippen molar-refractivity contribution in [3.8, 4) is 0 Å². The van der Waals surface area contributed by atoms with Crippen LogP contribution in [-0.2, 0) is 6.42 Å². The fraction of sp³-hybridized carbons (Fsp3) is 0.118. The molecular formula is C17H14N4S. The molecule has 22 heavy (non-hydrogen) atoms. The maximum atomic E-state index is 4.85. The minimum Gasteiger partial charge on any atom is -0.257 e. The summed E-state index contributed by atoms with van der Waals surface area (Å²) in [4.78, 5) is 4.85. The summed E-state index contributed by atoms with van der Waals surface area (Å²) in [5.41, 5.74) is 3.06. The lowest BCUT2D eigenvalue weighted by atomic mass is 10.1. The van der Waals surface area contributed by atoms with Crippen molar-refractivity contribution >= 4 is 28.3 Å². The number of para-hydroxylation sites is 1. The lowest BCUT2D eigenvalue weighted by Crippen LogP contribution is -2.04. The van der Waals surface area contributed by atoms with Gasteiger partial charge in [0.2, 0.25) is 0 Å². The first kappa shape index (κ1) is 13.3. The summed E-state index contributed by atoms with van der Waals surface area (Å²) in [6, 6.07) is 18.4. The van der Waals surface area contributed by atoms with E-state index in [1.807, 2.05) is 36.6 Å². The zero-order valence-electron chi connectivity index (χ0n) is 12.1. The first-order valence-corrected chi connectivity index (χ1v) is 8.30. The zero-order chi connectivity index (χ0) is 14.9. The first-order chi connectivity index (χ1) is 10.9. The SMILES string of the molecule is CSc1nnc2c3ccccc3nc(Cc3ccccc3)n12. The molecule has 0 spiro atoms. The second kappa shape index (κ2) is 5.42. The third-order valence-electron chi connectivity index (χ3n) is 3.67. The zero-order valence-corrected chi connectivity index (χ0v) is 12.9. The van der Waals surface area contributed by atoms with E-state index in [2.05, 4.69) is 38.9 Å². The van der Waals surface area contributed by atoms with E-state index in [0.717, 1.165) is 34.0 Å². The molecule has 0 aliphatic carbocycles. The first-order valence-electron chi connectivity index (χ1n) is 7.07. The number of aromatic nitrogens is 4. The minimum absolute atomic E-state index is 0.758. The second-order valence-corrected chi connectivity index (χ2v) is 5.83. The Hall–Kier alpha value is -2.40. The second-order valence-electron chi connectivity index (χ2n) is 5.05. The van der Waals surface area contributed by atoms with Gasteiger partial charge >= 0.3 is 0 Å². The third kappa shape index (κ3) is 2.14. The topological polar surface area (TPSA) is 43.1 Å². The summed E-state index contributed by atoms with van der Waals surface area (Å²) >= 11 is 1.59. The summed E-state index contributed by atoms with van der Waals surface area (Å²) in [7, 11) is 0. The fourth-order valence-corrected chi connectivity index (χ4v) is 3.15. The normalized spacial score (nSPS) is 11.3. The monoisotopic (exact) mass is 306 g/mol. The van der Waals surface area contributed by atoms with Crippen LogP contribution in [0, 0.1) is 0 Å². The predicted molar refractivity (Wildman–Crippen MR) is 89.3 cm³/mol. The molecule has 2 aromatic heterocycles. The van der Waals surface area contributed by atoms with Crippen LogP contribution in [0.2, 0.25) is 0 Å². The minimum atomic E-state index is 0.758. The van der Waals surface area contributed by atoms with Crippen molar-refractivity contribution in [1.82, 2.24) is 19.6 Å². The van der Waals surface area contributed by atoms with Gasteiger partial charge in [0.15, 0.2) is 10.8 Å². The van der Waals surface area contributed by atoms with Gasteiger partial charge in [0.05, 0.1) is 5.52 Å². The van der Waals surface area contributed by atoms with E-state index in [1.165, 1.54) is 5.56 Å². The Morgan fingerprint density at radius 3 is 2.55 bits per heavy atom. The molecule has 0 amide bonds. The highest BCUT2D eigenvalue weighted by molar-refractivity contribution is 7.98. The lowest BCUT2D eigenvalue weighted by Gasteiger charge is -2.08. The summed E-state index contributed by atoms with van der Waals surface area (Å²) in [5.74, 6) is 0.967. The van der Waals surface area contributed by atoms with Crippen LogP contribution in [-0.4, -0.2) is 25.8 Å². The van der Waals surface area contributed by atoms with Crippen molar-refractivity contribution in [3.63, 3.8) is 0 Å². The Kier molecular flexibility index (Phi) is 3.27. The van der Waals surface area contributed by atoms with Gasteiger partial charge in [-0.15, -0.1) is 10.2 Å². The predicted octanol–water partition coefficient (Wildman–Crippen LogP) is 3.59. The van der Waals surface area contributed by atoms with Crippen molar-refractivity contribution in [3.05, 3.63) is 66.0 Å². The Labute approximate surface area is 132 Å². The van der Waals surface area contributed by atoms with E-state index in [9.17, 15) is 0 Å². The van der Waals surface area contributed by atoms with Crippen molar-refractivity contribution in [2.45, 2.75) is 11.6 Å². The maximum absolute atomic E-state index is 4.85. The van der Waals surface area contributed by atoms with Gasteiger partial charge in [0, 0.05) is 11.8 Å². The van der Waals surface area contributed by atoms with E-state index in [0.29, 0.717) is 0 Å². The molecule has 0 radical (unpaired) electrons. The van der Waals surface area contributed by atoms with Crippen molar-refractivity contribution in [2.75, 3.05) is 6.26 Å². The highest BCUT2D eigenvalue weighted by Crippen LogP contribution is 2.24. The molecule has 0 saturated heterocycles. The molecule has 0 bridgehead atoms. The summed E-state index contributed by atoms with van der Waals surface area (Å²) in [6.45, 7) is 0. The largest absolute Gasteiger partial charge is 0.257 e. The number of hydrogen-bond donors (Lipinski definition) is 0. The molecule has 2 heterocycles. The Bertz CT molecular complexity index is 947. The molecule has 4 nitrogen and oxygen atoms in total. The van der Waals surface area contributed by atoms with Gasteiger partial charge in [0.25, 0.3) is 0 Å². The molecule has 0 unspecified atom stereocenters. The van der Waals surface area contributed by atoms with Crippen molar-refractivity contribution < 1.29 is 0 Å². The van der Waals surface area contributed by atoms with Crippen LogP contribution in [0.5, 0.6) is 0 Å². The van der Waals surface area contributed by atoms with Gasteiger partial charge in [-0.25, -0.2) is 4.98 Å². The van der Waals surface area contributed by atoms with E-state index in [1.54, 1.807) is 11.8 Å². The lowest BCUT2D eigenvalue weighted by molar-refractivity contribution is 0.841. The van der Waals surface area contributed by atoms with Crippen LogP contribution in [0.25, 0.3) is 16.6 Å². The van der Waals surface area contributed by atoms with E-state index < -0.39 is 0 Å².